The van der Waals surface area contributed by atoms with Crippen LogP contribution in [-0.4, -0.2) is 17.9 Å². The smallest absolute Gasteiger partial charge is 0.251 e. The fourth-order valence-electron chi connectivity index (χ4n) is 3.30. The van der Waals surface area contributed by atoms with Gasteiger partial charge in [-0.2, -0.15) is 0 Å². The number of anilines is 1. The van der Waals surface area contributed by atoms with Crippen molar-refractivity contribution in [2.75, 3.05) is 5.32 Å². The minimum absolute atomic E-state index is 0.0151. The molecule has 1 saturated carbocycles. The number of nitrogens with two attached hydrogens (primary N) is 1. The Bertz CT molecular complexity index is 790. The third-order valence-corrected chi connectivity index (χ3v) is 4.87. The average Bonchev–Trinajstić information content (AvgIpc) is 2.68. The van der Waals surface area contributed by atoms with Crippen molar-refractivity contribution in [2.45, 2.75) is 38.3 Å². The lowest BCUT2D eigenvalue weighted by Gasteiger charge is -2.25. The Kier molecular flexibility index (Phi) is 6.19. The zero-order chi connectivity index (χ0) is 19.2. The van der Waals surface area contributed by atoms with E-state index >= 15 is 0 Å². The van der Waals surface area contributed by atoms with E-state index in [4.69, 9.17) is 5.73 Å². The topological polar surface area (TPSA) is 84.2 Å². The lowest BCUT2D eigenvalue weighted by Crippen LogP contribution is -2.34. The van der Waals surface area contributed by atoms with Gasteiger partial charge in [0.2, 0.25) is 5.91 Å². The lowest BCUT2D eigenvalue weighted by molar-refractivity contribution is -0.120. The Morgan fingerprint density at radius 2 is 1.74 bits per heavy atom. The van der Waals surface area contributed by atoms with E-state index in [2.05, 4.69) is 10.6 Å². The summed E-state index contributed by atoms with van der Waals surface area (Å²) in [4.78, 5) is 24.6. The molecule has 2 atom stereocenters. The summed E-state index contributed by atoms with van der Waals surface area (Å²) in [6.07, 6.45) is 3.54. The molecule has 2 amide bonds. The van der Waals surface area contributed by atoms with Gasteiger partial charge in [-0.3, -0.25) is 9.59 Å². The molecule has 0 spiro atoms. The summed E-state index contributed by atoms with van der Waals surface area (Å²) in [6.45, 7) is 0.319. The van der Waals surface area contributed by atoms with E-state index in [0.29, 0.717) is 17.8 Å². The quantitative estimate of drug-likeness (QED) is 0.757. The molecular formula is C21H24FN3O2. The number of hydrogen-bond acceptors (Lipinski definition) is 3. The van der Waals surface area contributed by atoms with Crippen molar-refractivity contribution in [3.63, 3.8) is 0 Å². The first-order valence-electron chi connectivity index (χ1n) is 9.20. The predicted molar refractivity (Wildman–Crippen MR) is 103 cm³/mol. The molecule has 142 valence electrons. The third kappa shape index (κ3) is 5.37. The first-order valence-corrected chi connectivity index (χ1v) is 9.20. The summed E-state index contributed by atoms with van der Waals surface area (Å²) in [5, 5.41) is 5.69. The second kappa shape index (κ2) is 8.77. The molecule has 0 saturated heterocycles. The first kappa shape index (κ1) is 19.0. The number of rotatable bonds is 5. The van der Waals surface area contributed by atoms with Gasteiger partial charge in [-0.05, 0) is 61.2 Å². The van der Waals surface area contributed by atoms with Crippen LogP contribution in [-0.2, 0) is 11.3 Å². The fraction of sp³-hybridized carbons (Fsp3) is 0.333. The molecule has 1 fully saturated rings. The first-order chi connectivity index (χ1) is 13.0. The number of benzene rings is 2. The van der Waals surface area contributed by atoms with Crippen LogP contribution in [0.25, 0.3) is 0 Å². The van der Waals surface area contributed by atoms with Gasteiger partial charge >= 0.3 is 0 Å². The van der Waals surface area contributed by atoms with Crippen molar-refractivity contribution in [1.82, 2.24) is 5.32 Å². The van der Waals surface area contributed by atoms with Crippen molar-refractivity contribution in [3.05, 3.63) is 65.5 Å². The Balaban J connectivity index is 1.52. The molecule has 3 rings (SSSR count). The monoisotopic (exact) mass is 369 g/mol. The van der Waals surface area contributed by atoms with Gasteiger partial charge in [0.15, 0.2) is 0 Å². The summed E-state index contributed by atoms with van der Waals surface area (Å²) in [6, 6.07) is 12.8. The molecule has 4 N–H and O–H groups in total. The van der Waals surface area contributed by atoms with Crippen LogP contribution in [0.5, 0.6) is 0 Å². The zero-order valence-corrected chi connectivity index (χ0v) is 15.1. The Morgan fingerprint density at radius 3 is 2.41 bits per heavy atom. The van der Waals surface area contributed by atoms with Crippen LogP contribution in [0, 0.1) is 11.7 Å². The van der Waals surface area contributed by atoms with Crippen molar-refractivity contribution in [1.29, 1.82) is 0 Å². The van der Waals surface area contributed by atoms with Gasteiger partial charge in [0, 0.05) is 29.8 Å². The highest BCUT2D eigenvalue weighted by atomic mass is 19.1. The summed E-state index contributed by atoms with van der Waals surface area (Å²) >= 11 is 0. The zero-order valence-electron chi connectivity index (χ0n) is 15.1. The standard InChI is InChI=1S/C21H24FN3O2/c22-17-8-4-14(5-9-17)13-24-20(26)15-6-10-19(11-7-15)25-21(27)16-2-1-3-18(23)12-16/h4-11,16,18H,1-3,12-13,23H2,(H,24,26)(H,25,27). The Morgan fingerprint density at radius 1 is 1.04 bits per heavy atom. The summed E-state index contributed by atoms with van der Waals surface area (Å²) in [5.41, 5.74) is 7.92. The van der Waals surface area contributed by atoms with Gasteiger partial charge < -0.3 is 16.4 Å². The minimum atomic E-state index is -0.307. The minimum Gasteiger partial charge on any atom is -0.348 e. The maximum atomic E-state index is 12.9. The highest BCUT2D eigenvalue weighted by Crippen LogP contribution is 2.24. The fourth-order valence-corrected chi connectivity index (χ4v) is 3.30. The Hall–Kier alpha value is -2.73. The summed E-state index contributed by atoms with van der Waals surface area (Å²) in [7, 11) is 0. The van der Waals surface area contributed by atoms with Gasteiger partial charge in [-0.1, -0.05) is 18.6 Å². The number of amides is 2. The SMILES string of the molecule is NC1CCCC(C(=O)Nc2ccc(C(=O)NCc3ccc(F)cc3)cc2)C1. The van der Waals surface area contributed by atoms with Crippen LogP contribution in [0.15, 0.2) is 48.5 Å². The van der Waals surface area contributed by atoms with Gasteiger partial charge in [0.1, 0.15) is 5.82 Å². The molecule has 6 heteroatoms. The van der Waals surface area contributed by atoms with Crippen LogP contribution in [0.1, 0.15) is 41.6 Å². The van der Waals surface area contributed by atoms with E-state index in [1.54, 1.807) is 36.4 Å². The van der Waals surface area contributed by atoms with Crippen LogP contribution >= 0.6 is 0 Å². The molecular weight excluding hydrogens is 345 g/mol. The molecule has 2 aromatic rings. The number of carbonyl (C=O) groups excluding carboxylic acids is 2. The number of halogens is 1. The molecule has 0 aromatic heterocycles. The largest absolute Gasteiger partial charge is 0.348 e. The van der Waals surface area contributed by atoms with E-state index in [9.17, 15) is 14.0 Å². The second-order valence-corrected chi connectivity index (χ2v) is 7.00. The Labute approximate surface area is 158 Å². The molecule has 0 aliphatic heterocycles. The van der Waals surface area contributed by atoms with E-state index in [0.717, 1.165) is 31.2 Å². The van der Waals surface area contributed by atoms with Gasteiger partial charge in [-0.15, -0.1) is 0 Å². The van der Waals surface area contributed by atoms with Crippen LogP contribution in [0.2, 0.25) is 0 Å². The van der Waals surface area contributed by atoms with Gasteiger partial charge in [0.05, 0.1) is 0 Å². The van der Waals surface area contributed by atoms with E-state index in [1.165, 1.54) is 12.1 Å². The van der Waals surface area contributed by atoms with Gasteiger partial charge in [-0.25, -0.2) is 4.39 Å². The summed E-state index contributed by atoms with van der Waals surface area (Å²) < 4.78 is 12.9. The molecule has 2 aromatic carbocycles. The molecule has 27 heavy (non-hydrogen) atoms. The highest BCUT2D eigenvalue weighted by Gasteiger charge is 2.25. The van der Waals surface area contributed by atoms with E-state index in [-0.39, 0.29) is 29.6 Å². The van der Waals surface area contributed by atoms with Crippen LogP contribution < -0.4 is 16.4 Å². The van der Waals surface area contributed by atoms with Crippen LogP contribution in [0.3, 0.4) is 0 Å². The number of nitrogens with one attached hydrogen (secondary N) is 2. The average molecular weight is 369 g/mol. The van der Waals surface area contributed by atoms with Crippen LogP contribution in [0.4, 0.5) is 10.1 Å². The molecule has 0 bridgehead atoms. The van der Waals surface area contributed by atoms with Crippen molar-refractivity contribution >= 4 is 17.5 Å². The van der Waals surface area contributed by atoms with E-state index < -0.39 is 0 Å². The maximum Gasteiger partial charge on any atom is 0.251 e. The van der Waals surface area contributed by atoms with Gasteiger partial charge in [0.25, 0.3) is 5.91 Å². The second-order valence-electron chi connectivity index (χ2n) is 7.00. The predicted octanol–water partition coefficient (Wildman–Crippen LogP) is 3.21. The maximum absolute atomic E-state index is 12.9. The number of carbonyl (C=O) groups is 2. The molecule has 5 nitrogen and oxygen atoms in total. The molecule has 2 unspecified atom stereocenters. The number of hydrogen-bond donors (Lipinski definition) is 3. The molecule has 1 aliphatic carbocycles. The molecule has 0 radical (unpaired) electrons. The lowest BCUT2D eigenvalue weighted by atomic mass is 9.85. The van der Waals surface area contributed by atoms with Crippen molar-refractivity contribution < 1.29 is 14.0 Å². The normalized spacial score (nSPS) is 19.3. The molecule has 0 heterocycles. The van der Waals surface area contributed by atoms with E-state index in [1.807, 2.05) is 0 Å². The summed E-state index contributed by atoms with van der Waals surface area (Å²) in [5.74, 6) is -0.598. The third-order valence-electron chi connectivity index (χ3n) is 4.87. The van der Waals surface area contributed by atoms with Crippen molar-refractivity contribution in [2.24, 2.45) is 11.7 Å². The molecule has 1 aliphatic rings. The van der Waals surface area contributed by atoms with Crippen molar-refractivity contribution in [3.8, 4) is 0 Å². The highest BCUT2D eigenvalue weighted by molar-refractivity contribution is 5.96.